The average Bonchev–Trinajstić information content (AvgIpc) is 3.29. The van der Waals surface area contributed by atoms with Gasteiger partial charge in [0.05, 0.1) is 17.4 Å². The lowest BCUT2D eigenvalue weighted by atomic mass is 10.1. The van der Waals surface area contributed by atoms with Crippen LogP contribution in [0.5, 0.6) is 0 Å². The van der Waals surface area contributed by atoms with Crippen LogP contribution in [0.3, 0.4) is 0 Å². The van der Waals surface area contributed by atoms with Crippen LogP contribution in [0.1, 0.15) is 5.69 Å². The molecule has 0 aliphatic rings. The predicted octanol–water partition coefficient (Wildman–Crippen LogP) is 6.52. The quantitative estimate of drug-likeness (QED) is 0.376. The first-order valence-electron chi connectivity index (χ1n) is 7.97. The molecule has 0 saturated heterocycles. The molecular weight excluding hydrogens is 414 g/mol. The van der Waals surface area contributed by atoms with Gasteiger partial charge in [-0.25, -0.2) is 4.68 Å². The number of hydrogen-bond acceptors (Lipinski definition) is 3. The van der Waals surface area contributed by atoms with E-state index in [1.165, 1.54) is 18.2 Å². The number of benzene rings is 2. The fourth-order valence-electron chi connectivity index (χ4n) is 2.76. The highest BCUT2D eigenvalue weighted by molar-refractivity contribution is 6.31. The van der Waals surface area contributed by atoms with Gasteiger partial charge >= 0.3 is 6.18 Å². The second kappa shape index (κ2) is 7.00. The molecule has 0 N–H and O–H groups in total. The first kappa shape index (κ1) is 18.6. The lowest BCUT2D eigenvalue weighted by Gasteiger charge is -2.12. The zero-order chi connectivity index (χ0) is 19.9. The van der Waals surface area contributed by atoms with E-state index in [9.17, 15) is 13.2 Å². The van der Waals surface area contributed by atoms with Gasteiger partial charge in [0, 0.05) is 21.7 Å². The molecule has 4 rings (SSSR count). The molecule has 0 aliphatic carbocycles. The molecule has 0 aliphatic heterocycles. The van der Waals surface area contributed by atoms with Crippen molar-refractivity contribution < 1.29 is 17.7 Å². The second-order valence-corrected chi connectivity index (χ2v) is 6.75. The minimum absolute atomic E-state index is 0.0504. The van der Waals surface area contributed by atoms with Gasteiger partial charge in [0.15, 0.2) is 11.5 Å². The Hall–Kier alpha value is -2.77. The van der Waals surface area contributed by atoms with Crippen LogP contribution in [-0.2, 0) is 6.18 Å². The number of nitrogens with zero attached hydrogens (tertiary/aromatic N) is 3. The predicted molar refractivity (Wildman–Crippen MR) is 99.5 cm³/mol. The number of alkyl halides is 3. The van der Waals surface area contributed by atoms with Gasteiger partial charge < -0.3 is 4.52 Å². The Kier molecular flexibility index (Phi) is 4.64. The maximum Gasteiger partial charge on any atom is 0.434 e. The van der Waals surface area contributed by atoms with Gasteiger partial charge in [0.25, 0.3) is 0 Å². The van der Waals surface area contributed by atoms with Crippen molar-refractivity contribution in [2.45, 2.75) is 6.18 Å². The van der Waals surface area contributed by atoms with Gasteiger partial charge in [0.2, 0.25) is 0 Å². The molecule has 28 heavy (non-hydrogen) atoms. The molecule has 0 amide bonds. The third-order valence-corrected chi connectivity index (χ3v) is 4.49. The average molecular weight is 424 g/mol. The van der Waals surface area contributed by atoms with E-state index in [1.54, 1.807) is 36.4 Å². The summed E-state index contributed by atoms with van der Waals surface area (Å²) in [5.41, 5.74) is 0.0303. The summed E-state index contributed by atoms with van der Waals surface area (Å²) in [7, 11) is 0. The van der Waals surface area contributed by atoms with Gasteiger partial charge in [0.1, 0.15) is 5.69 Å². The van der Waals surface area contributed by atoms with E-state index in [4.69, 9.17) is 27.7 Å². The third-order valence-electron chi connectivity index (χ3n) is 4.01. The Balaban J connectivity index is 1.82. The van der Waals surface area contributed by atoms with Crippen molar-refractivity contribution in [3.63, 3.8) is 0 Å². The van der Waals surface area contributed by atoms with E-state index in [-0.39, 0.29) is 17.0 Å². The van der Waals surface area contributed by atoms with Crippen LogP contribution < -0.4 is 0 Å². The van der Waals surface area contributed by atoms with Gasteiger partial charge in [-0.3, -0.25) is 0 Å². The van der Waals surface area contributed by atoms with Crippen molar-refractivity contribution in [2.24, 2.45) is 0 Å². The van der Waals surface area contributed by atoms with Crippen molar-refractivity contribution in [3.05, 3.63) is 76.5 Å². The summed E-state index contributed by atoms with van der Waals surface area (Å²) < 4.78 is 47.4. The lowest BCUT2D eigenvalue weighted by molar-refractivity contribution is -0.142. The van der Waals surface area contributed by atoms with Crippen LogP contribution in [0.2, 0.25) is 10.0 Å². The van der Waals surface area contributed by atoms with E-state index in [2.05, 4.69) is 10.3 Å². The summed E-state index contributed by atoms with van der Waals surface area (Å²) >= 11 is 11.8. The zero-order valence-corrected chi connectivity index (χ0v) is 15.4. The molecule has 4 aromatic rings. The van der Waals surface area contributed by atoms with E-state index in [1.807, 2.05) is 0 Å². The van der Waals surface area contributed by atoms with Crippen LogP contribution >= 0.6 is 23.2 Å². The van der Waals surface area contributed by atoms with E-state index in [0.717, 1.165) is 10.9 Å². The SMILES string of the molecule is FC(F)(F)c1c(-c2cc(-c3ccc(Cl)cc3)no2)cnn1-c1cccc(Cl)c1. The molecule has 142 valence electrons. The maximum atomic E-state index is 13.8. The van der Waals surface area contributed by atoms with Crippen LogP contribution in [0.15, 0.2) is 65.3 Å². The summed E-state index contributed by atoms with van der Waals surface area (Å²) in [6.45, 7) is 0. The zero-order valence-electron chi connectivity index (χ0n) is 13.9. The number of aromatic nitrogens is 3. The number of rotatable bonds is 3. The minimum atomic E-state index is -4.68. The molecule has 0 bridgehead atoms. The van der Waals surface area contributed by atoms with E-state index < -0.39 is 11.9 Å². The molecule has 0 atom stereocenters. The maximum absolute atomic E-state index is 13.8. The van der Waals surface area contributed by atoms with Crippen LogP contribution in [0, 0.1) is 0 Å². The van der Waals surface area contributed by atoms with Gasteiger partial charge in [-0.1, -0.05) is 46.6 Å². The molecule has 0 fully saturated rings. The molecule has 4 nitrogen and oxygen atoms in total. The highest BCUT2D eigenvalue weighted by Crippen LogP contribution is 2.39. The van der Waals surface area contributed by atoms with Gasteiger partial charge in [-0.05, 0) is 30.3 Å². The smallest absolute Gasteiger partial charge is 0.356 e. The number of halogens is 5. The van der Waals surface area contributed by atoms with Crippen LogP contribution in [0.25, 0.3) is 28.3 Å². The summed E-state index contributed by atoms with van der Waals surface area (Å²) in [4.78, 5) is 0. The first-order chi connectivity index (χ1) is 13.3. The fourth-order valence-corrected chi connectivity index (χ4v) is 3.07. The van der Waals surface area contributed by atoms with Crippen LogP contribution in [0.4, 0.5) is 13.2 Å². The van der Waals surface area contributed by atoms with Crippen LogP contribution in [-0.4, -0.2) is 14.9 Å². The minimum Gasteiger partial charge on any atom is -0.356 e. The van der Waals surface area contributed by atoms with Crippen molar-refractivity contribution >= 4 is 23.2 Å². The van der Waals surface area contributed by atoms with Gasteiger partial charge in [-0.15, -0.1) is 0 Å². The van der Waals surface area contributed by atoms with Crippen molar-refractivity contribution in [1.82, 2.24) is 14.9 Å². The molecular formula is C19H10Cl2F3N3O. The molecule has 0 spiro atoms. The standard InChI is InChI=1S/C19H10Cl2F3N3O/c20-12-6-4-11(5-7-12)16-9-17(28-26-16)15-10-25-27(18(15)19(22,23)24)14-3-1-2-13(21)8-14/h1-10H. The molecule has 0 radical (unpaired) electrons. The van der Waals surface area contributed by atoms with Gasteiger partial charge in [-0.2, -0.15) is 18.3 Å². The molecule has 0 saturated carbocycles. The molecule has 9 heteroatoms. The molecule has 2 aromatic heterocycles. The summed E-state index contributed by atoms with van der Waals surface area (Å²) in [5, 5.41) is 8.60. The van der Waals surface area contributed by atoms with E-state index >= 15 is 0 Å². The van der Waals surface area contributed by atoms with E-state index in [0.29, 0.717) is 21.3 Å². The highest BCUT2D eigenvalue weighted by atomic mass is 35.5. The Morgan fingerprint density at radius 3 is 2.36 bits per heavy atom. The molecule has 0 unspecified atom stereocenters. The Morgan fingerprint density at radius 2 is 1.68 bits per heavy atom. The van der Waals surface area contributed by atoms with Crippen molar-refractivity contribution in [3.8, 4) is 28.3 Å². The molecule has 2 heterocycles. The number of hydrogen-bond donors (Lipinski definition) is 0. The fraction of sp³-hybridized carbons (Fsp3) is 0.0526. The summed E-state index contributed by atoms with van der Waals surface area (Å²) in [6, 6.07) is 14.1. The highest BCUT2D eigenvalue weighted by Gasteiger charge is 2.40. The summed E-state index contributed by atoms with van der Waals surface area (Å²) in [5.74, 6) is -0.0504. The largest absolute Gasteiger partial charge is 0.434 e. The first-order valence-corrected chi connectivity index (χ1v) is 8.73. The topological polar surface area (TPSA) is 43.9 Å². The van der Waals surface area contributed by atoms with Crippen molar-refractivity contribution in [1.29, 1.82) is 0 Å². The monoisotopic (exact) mass is 423 g/mol. The van der Waals surface area contributed by atoms with Crippen molar-refractivity contribution in [2.75, 3.05) is 0 Å². The second-order valence-electron chi connectivity index (χ2n) is 5.88. The lowest BCUT2D eigenvalue weighted by Crippen LogP contribution is -2.14. The molecule has 2 aromatic carbocycles. The third kappa shape index (κ3) is 3.50. The normalized spacial score (nSPS) is 11.8. The Labute approximate surface area is 167 Å². The summed E-state index contributed by atoms with van der Waals surface area (Å²) in [6.07, 6.45) is -3.59. The Morgan fingerprint density at radius 1 is 0.929 bits per heavy atom. The Bertz CT molecular complexity index is 1130.